The molecule has 2 aromatic rings. The number of amides is 1. The first-order valence-corrected chi connectivity index (χ1v) is 9.41. The van der Waals surface area contributed by atoms with Crippen molar-refractivity contribution < 1.29 is 17.6 Å². The van der Waals surface area contributed by atoms with Crippen LogP contribution in [0, 0.1) is 12.7 Å². The van der Waals surface area contributed by atoms with Crippen LogP contribution in [0.4, 0.5) is 10.1 Å². The molecule has 0 aliphatic carbocycles. The molecule has 2 aromatic carbocycles. The number of hydrogen-bond acceptors (Lipinski definition) is 3. The van der Waals surface area contributed by atoms with Crippen LogP contribution in [0.5, 0.6) is 0 Å². The fraction of sp³-hybridized carbons (Fsp3) is 0.278. The molecule has 7 heteroatoms. The lowest BCUT2D eigenvalue weighted by atomic mass is 10.2. The Morgan fingerprint density at radius 1 is 1.08 bits per heavy atom. The summed E-state index contributed by atoms with van der Waals surface area (Å²) >= 11 is 0. The number of nitrogens with zero attached hydrogens (tertiary/aromatic N) is 1. The van der Waals surface area contributed by atoms with Crippen LogP contribution in [0.15, 0.2) is 47.4 Å². The molecule has 0 saturated carbocycles. The Hall–Kier alpha value is -2.25. The minimum atomic E-state index is -3.57. The van der Waals surface area contributed by atoms with Crippen molar-refractivity contribution in [3.05, 3.63) is 59.4 Å². The van der Waals surface area contributed by atoms with Crippen LogP contribution in [0.3, 0.4) is 0 Å². The van der Waals surface area contributed by atoms with E-state index in [0.717, 1.165) is 5.56 Å². The fourth-order valence-electron chi connectivity index (χ4n) is 2.41. The van der Waals surface area contributed by atoms with Gasteiger partial charge in [0.2, 0.25) is 10.0 Å². The van der Waals surface area contributed by atoms with Gasteiger partial charge in [-0.2, -0.15) is 4.31 Å². The average molecular weight is 364 g/mol. The maximum absolute atomic E-state index is 13.8. The summed E-state index contributed by atoms with van der Waals surface area (Å²) in [5.41, 5.74) is 1.08. The van der Waals surface area contributed by atoms with E-state index in [2.05, 4.69) is 5.32 Å². The Labute approximate surface area is 147 Å². The number of carbonyl (C=O) groups is 1. The number of benzene rings is 2. The van der Waals surface area contributed by atoms with E-state index in [0.29, 0.717) is 13.1 Å². The highest BCUT2D eigenvalue weighted by atomic mass is 32.2. The Kier molecular flexibility index (Phi) is 5.92. The van der Waals surface area contributed by atoms with Crippen molar-refractivity contribution in [1.82, 2.24) is 4.31 Å². The summed E-state index contributed by atoms with van der Waals surface area (Å²) in [5, 5.41) is 2.48. The third kappa shape index (κ3) is 4.24. The normalized spacial score (nSPS) is 11.6. The van der Waals surface area contributed by atoms with Crippen LogP contribution in [-0.4, -0.2) is 31.7 Å². The molecule has 2 rings (SSSR count). The number of rotatable bonds is 6. The Bertz CT molecular complexity index is 860. The monoisotopic (exact) mass is 364 g/mol. The van der Waals surface area contributed by atoms with E-state index in [1.54, 1.807) is 26.8 Å². The minimum Gasteiger partial charge on any atom is -0.319 e. The molecule has 0 aliphatic rings. The predicted molar refractivity (Wildman–Crippen MR) is 95.6 cm³/mol. The van der Waals surface area contributed by atoms with Gasteiger partial charge < -0.3 is 5.32 Å². The standard InChI is InChI=1S/C18H21FN2O3S/c1-4-21(5-2)25(23,24)15-9-7-14(8-10-15)18(22)20-17-11-6-13(3)12-16(17)19/h6-12H,4-5H2,1-3H3,(H,20,22). The Morgan fingerprint density at radius 2 is 1.68 bits per heavy atom. The molecule has 0 fully saturated rings. The SMILES string of the molecule is CCN(CC)S(=O)(=O)c1ccc(C(=O)Nc2ccc(C)cc2F)cc1. The summed E-state index contributed by atoms with van der Waals surface area (Å²) < 4.78 is 40.0. The summed E-state index contributed by atoms with van der Waals surface area (Å²) in [7, 11) is -3.57. The molecule has 0 aliphatic heterocycles. The second-order valence-electron chi connectivity index (χ2n) is 5.55. The Morgan fingerprint density at radius 3 is 2.20 bits per heavy atom. The van der Waals surface area contributed by atoms with E-state index in [-0.39, 0.29) is 16.1 Å². The third-order valence-electron chi connectivity index (χ3n) is 3.83. The van der Waals surface area contributed by atoms with Crippen molar-refractivity contribution in [3.8, 4) is 0 Å². The molecule has 0 heterocycles. The number of nitrogens with one attached hydrogen (secondary N) is 1. The molecule has 0 bridgehead atoms. The molecule has 0 saturated heterocycles. The van der Waals surface area contributed by atoms with Crippen molar-refractivity contribution in [2.45, 2.75) is 25.7 Å². The lowest BCUT2D eigenvalue weighted by Gasteiger charge is -2.18. The van der Waals surface area contributed by atoms with Gasteiger partial charge >= 0.3 is 0 Å². The maximum Gasteiger partial charge on any atom is 0.255 e. The zero-order chi connectivity index (χ0) is 18.6. The summed E-state index contributed by atoms with van der Waals surface area (Å²) in [4.78, 5) is 12.3. The van der Waals surface area contributed by atoms with Gasteiger partial charge in [-0.15, -0.1) is 0 Å². The van der Waals surface area contributed by atoms with E-state index in [1.807, 2.05) is 0 Å². The lowest BCUT2D eigenvalue weighted by Crippen LogP contribution is -2.30. The molecule has 0 aromatic heterocycles. The number of hydrogen-bond donors (Lipinski definition) is 1. The Balaban J connectivity index is 2.20. The molecule has 25 heavy (non-hydrogen) atoms. The number of halogens is 1. The smallest absolute Gasteiger partial charge is 0.255 e. The minimum absolute atomic E-state index is 0.0791. The molecule has 0 unspecified atom stereocenters. The number of aryl methyl sites for hydroxylation is 1. The molecule has 5 nitrogen and oxygen atoms in total. The highest BCUT2D eigenvalue weighted by Crippen LogP contribution is 2.19. The molecular weight excluding hydrogens is 343 g/mol. The maximum atomic E-state index is 13.8. The summed E-state index contributed by atoms with van der Waals surface area (Å²) in [5.74, 6) is -1.02. The van der Waals surface area contributed by atoms with Gasteiger partial charge in [0.25, 0.3) is 5.91 Å². The van der Waals surface area contributed by atoms with E-state index >= 15 is 0 Å². The number of anilines is 1. The van der Waals surface area contributed by atoms with Crippen LogP contribution < -0.4 is 5.32 Å². The summed E-state index contributed by atoms with van der Waals surface area (Å²) in [6.07, 6.45) is 0. The van der Waals surface area contributed by atoms with Gasteiger partial charge in [0, 0.05) is 18.7 Å². The van der Waals surface area contributed by atoms with Gasteiger partial charge in [-0.05, 0) is 48.9 Å². The summed E-state index contributed by atoms with van der Waals surface area (Å²) in [6.45, 7) is 6.02. The zero-order valence-electron chi connectivity index (χ0n) is 14.4. The first-order chi connectivity index (χ1) is 11.8. The second-order valence-corrected chi connectivity index (χ2v) is 7.49. The van der Waals surface area contributed by atoms with E-state index in [4.69, 9.17) is 0 Å². The molecule has 0 spiro atoms. The quantitative estimate of drug-likeness (QED) is 0.854. The van der Waals surface area contributed by atoms with Gasteiger partial charge in [-0.25, -0.2) is 12.8 Å². The van der Waals surface area contributed by atoms with Gasteiger partial charge in [0.15, 0.2) is 0 Å². The number of carbonyl (C=O) groups excluding carboxylic acids is 1. The van der Waals surface area contributed by atoms with E-state index in [1.165, 1.54) is 40.7 Å². The van der Waals surface area contributed by atoms with Crippen LogP contribution in [0.25, 0.3) is 0 Å². The van der Waals surface area contributed by atoms with Gasteiger partial charge in [-0.3, -0.25) is 4.79 Å². The zero-order valence-corrected chi connectivity index (χ0v) is 15.2. The van der Waals surface area contributed by atoms with Crippen molar-refractivity contribution in [1.29, 1.82) is 0 Å². The van der Waals surface area contributed by atoms with Crippen molar-refractivity contribution >= 4 is 21.6 Å². The molecular formula is C18H21FN2O3S. The van der Waals surface area contributed by atoms with Crippen molar-refractivity contribution in [2.75, 3.05) is 18.4 Å². The van der Waals surface area contributed by atoms with Crippen LogP contribution >= 0.6 is 0 Å². The topological polar surface area (TPSA) is 66.5 Å². The van der Waals surface area contributed by atoms with E-state index in [9.17, 15) is 17.6 Å². The van der Waals surface area contributed by atoms with Crippen LogP contribution in [-0.2, 0) is 10.0 Å². The predicted octanol–water partition coefficient (Wildman–Crippen LogP) is 3.42. The highest BCUT2D eigenvalue weighted by molar-refractivity contribution is 7.89. The average Bonchev–Trinajstić information content (AvgIpc) is 2.58. The summed E-state index contributed by atoms with van der Waals surface area (Å²) in [6, 6.07) is 10.1. The van der Waals surface area contributed by atoms with Crippen molar-refractivity contribution in [2.24, 2.45) is 0 Å². The molecule has 1 amide bonds. The number of sulfonamides is 1. The molecule has 134 valence electrons. The van der Waals surface area contributed by atoms with Crippen LogP contribution in [0.2, 0.25) is 0 Å². The molecule has 1 N–H and O–H groups in total. The van der Waals surface area contributed by atoms with Crippen LogP contribution in [0.1, 0.15) is 29.8 Å². The van der Waals surface area contributed by atoms with Crippen molar-refractivity contribution in [3.63, 3.8) is 0 Å². The first kappa shape index (κ1) is 19.1. The third-order valence-corrected chi connectivity index (χ3v) is 5.90. The molecule has 0 atom stereocenters. The second kappa shape index (κ2) is 7.76. The van der Waals surface area contributed by atoms with Gasteiger partial charge in [-0.1, -0.05) is 19.9 Å². The fourth-order valence-corrected chi connectivity index (χ4v) is 3.86. The highest BCUT2D eigenvalue weighted by Gasteiger charge is 2.21. The lowest BCUT2D eigenvalue weighted by molar-refractivity contribution is 0.102. The largest absolute Gasteiger partial charge is 0.319 e. The van der Waals surface area contributed by atoms with Gasteiger partial charge in [0.1, 0.15) is 5.82 Å². The van der Waals surface area contributed by atoms with Gasteiger partial charge in [0.05, 0.1) is 10.6 Å². The molecule has 0 radical (unpaired) electrons. The first-order valence-electron chi connectivity index (χ1n) is 7.97. The van der Waals surface area contributed by atoms with E-state index < -0.39 is 21.7 Å².